The Bertz CT molecular complexity index is 3700. The first-order valence-corrected chi connectivity index (χ1v) is 44.1. The first kappa shape index (κ1) is 128. The van der Waals surface area contributed by atoms with Crippen LogP contribution in [-0.4, -0.2) is 246 Å². The molecule has 23 nitrogen and oxygen atoms in total. The minimum atomic E-state index is -0.941. The number of nitrogens with zero attached hydrogens (tertiary/aromatic N) is 3. The quantitative estimate of drug-likeness (QED) is 0.0147. The lowest BCUT2D eigenvalue weighted by Crippen LogP contribution is -2.49. The minimum Gasteiger partial charge on any atom is -0.478 e. The van der Waals surface area contributed by atoms with Crippen molar-refractivity contribution in [3.8, 4) is 0 Å². The van der Waals surface area contributed by atoms with E-state index in [1.54, 1.807) is 113 Å². The number of rotatable bonds is 48. The van der Waals surface area contributed by atoms with Crippen LogP contribution in [0.25, 0.3) is 0 Å². The highest BCUT2D eigenvalue weighted by molar-refractivity contribution is 5.89. The number of aliphatic hydroxyl groups is 1. The van der Waals surface area contributed by atoms with Crippen LogP contribution in [0.4, 0.5) is 0 Å². The van der Waals surface area contributed by atoms with E-state index in [9.17, 15) is 52.7 Å². The number of aromatic carboxylic acids is 1. The fraction of sp³-hybridized carbons (Fsp3) is 0.583. The van der Waals surface area contributed by atoms with E-state index in [0.717, 1.165) is 108 Å². The molecule has 0 heterocycles. The SMILES string of the molecule is C=CCCCC(CCCC=C)(NC)C(C)=O.C=CCCC[C@@](C)(NC)C(C)=O.C=CCCC[C@](C)(NC)C(C)=O.CC(=O)CN(C)C.CC(=O)[C@H](CC(C)C)N(C)C.CC(=O)[C@H]([C@@H](C)O)N(C)C.CN[C@@H](Cc1ccc(C(=O)O)cc1)C(C)=O.CN[C@@H](Cc1ccc(C)cc1)C(C)=O.CN[C@@H](Cc1cccc(C)c1)C(C)=O.CN[C@@H](Cc1ccccc1C)C(C)=O. The maximum atomic E-state index is 11.8. The zero-order chi connectivity index (χ0) is 98.6. The van der Waals surface area contributed by atoms with E-state index in [1.165, 1.54) is 47.2 Å². The summed E-state index contributed by atoms with van der Waals surface area (Å²) in [6, 6.07) is 30.6. The third-order valence-corrected chi connectivity index (χ3v) is 21.5. The lowest BCUT2D eigenvalue weighted by molar-refractivity contribution is -0.125. The molecule has 0 fully saturated rings. The molecule has 0 aliphatic carbocycles. The number of aryl methyl sites for hydroxylation is 3. The molecule has 126 heavy (non-hydrogen) atoms. The predicted molar refractivity (Wildman–Crippen MR) is 528 cm³/mol. The normalized spacial score (nSPS) is 13.1. The summed E-state index contributed by atoms with van der Waals surface area (Å²) in [6.45, 7) is 47.3. The Balaban J connectivity index is -0.000000319. The minimum absolute atomic E-state index is 0.000000000000000666. The molecule has 9 atom stereocenters. The largest absolute Gasteiger partial charge is 0.478 e. The highest BCUT2D eigenvalue weighted by Gasteiger charge is 2.32. The number of carbonyl (C=O) groups is 11. The van der Waals surface area contributed by atoms with E-state index in [4.69, 9.17) is 10.2 Å². The van der Waals surface area contributed by atoms with Crippen LogP contribution in [0.15, 0.2) is 148 Å². The molecule has 0 bridgehead atoms. The van der Waals surface area contributed by atoms with Crippen molar-refractivity contribution >= 4 is 63.8 Å². The Morgan fingerprint density at radius 1 is 0.421 bits per heavy atom. The second kappa shape index (κ2) is 74.5. The average Bonchev–Trinajstić information content (AvgIpc) is 0.842. The van der Waals surface area contributed by atoms with Gasteiger partial charge in [-0.05, 0) is 357 Å². The molecule has 0 unspecified atom stereocenters. The number of aliphatic hydroxyl groups excluding tert-OH is 1. The van der Waals surface area contributed by atoms with E-state index < -0.39 is 12.1 Å². The monoisotopic (exact) mass is 1760 g/mol. The van der Waals surface area contributed by atoms with Crippen molar-refractivity contribution in [2.75, 3.05) is 98.2 Å². The number of carboxylic acids is 1. The second-order valence-corrected chi connectivity index (χ2v) is 33.8. The molecule has 714 valence electrons. The van der Waals surface area contributed by atoms with Crippen LogP contribution in [0.2, 0.25) is 0 Å². The van der Waals surface area contributed by atoms with Gasteiger partial charge in [-0.1, -0.05) is 134 Å². The van der Waals surface area contributed by atoms with Crippen LogP contribution >= 0.6 is 0 Å². The van der Waals surface area contributed by atoms with Crippen molar-refractivity contribution in [1.29, 1.82) is 0 Å². The summed E-state index contributed by atoms with van der Waals surface area (Å²) in [5, 5.41) is 39.1. The fourth-order valence-corrected chi connectivity index (χ4v) is 12.8. The number of benzene rings is 4. The molecule has 23 heteroatoms. The van der Waals surface area contributed by atoms with Gasteiger partial charge in [-0.15, -0.1) is 26.3 Å². The molecule has 0 saturated carbocycles. The lowest BCUT2D eigenvalue weighted by atomic mass is 9.84. The first-order valence-electron chi connectivity index (χ1n) is 44.1. The van der Waals surface area contributed by atoms with E-state index >= 15 is 0 Å². The van der Waals surface area contributed by atoms with E-state index in [-0.39, 0.29) is 116 Å². The third-order valence-electron chi connectivity index (χ3n) is 21.5. The molecular formula is C103H174N10O13. The molecule has 4 aromatic carbocycles. The van der Waals surface area contributed by atoms with Gasteiger partial charge in [0.15, 0.2) is 0 Å². The van der Waals surface area contributed by atoms with Gasteiger partial charge >= 0.3 is 5.97 Å². The Kier molecular flexibility index (Phi) is 75.9. The molecule has 0 amide bonds. The number of Topliss-reactive ketones (excluding diaryl/α,β-unsaturated/α-hetero) is 10. The van der Waals surface area contributed by atoms with Crippen molar-refractivity contribution in [3.05, 3.63) is 192 Å². The number of nitrogens with one attached hydrogen (secondary N) is 7. The molecule has 4 rings (SSSR count). The number of likely N-dealkylation sites (N-methyl/N-ethyl adjacent to an activating group) is 10. The standard InChI is InChI=1S/C14H25NO.C12H15NO3.3C12H17NO.2C10H19NO.C9H19NO.C7H15NO2.C5H11NO/c1-5-7-9-11-14(15-4,13(3)16)12-10-8-6-2;1-8(14)11(13-2)7-9-3-5-10(6-4-9)12(15)16;1-9-4-6-11(7-5-9)8-12(13-3)10(2)14;1-9-5-4-6-11(7-9)8-12(13-3)10(2)14;1-9-6-4-5-7-11(9)8-12(13-3)10(2)14;2*1-5-6-7-8-10(3,11-4)9(2)12;1-7(2)6-9(8(3)11)10(4)5;1-5(9)7(6(2)10)8(3)4;1-5(7)4-6(2)3/h5-6,15H,1-2,7-12H2,3-4H3;3-6,11,13H,7H2,1-2H3,(H,15,16);3*4-7,12-13H,8H2,1-3H3;2*5,11H,1,6-8H2,2-4H3;7,9H,6H2,1-5H3;5,7,9H,1-4H3;4H2,1-3H3/t;11-;3*12-;2*10-;9-;5-,7+;/m.00001001./s1. The second-order valence-electron chi connectivity index (χ2n) is 33.8. The number of hydrogen-bond acceptors (Lipinski definition) is 22. The molecule has 0 spiro atoms. The van der Waals surface area contributed by atoms with E-state index in [0.29, 0.717) is 18.9 Å². The predicted octanol–water partition coefficient (Wildman–Crippen LogP) is 14.9. The van der Waals surface area contributed by atoms with Gasteiger partial charge in [-0.2, -0.15) is 0 Å². The molecule has 0 saturated heterocycles. The number of ketones is 10. The van der Waals surface area contributed by atoms with Gasteiger partial charge in [-0.3, -0.25) is 57.7 Å². The Labute approximate surface area is 763 Å². The van der Waals surface area contributed by atoms with Gasteiger partial charge in [-0.25, -0.2) is 4.79 Å². The molecular weight excluding hydrogens is 1590 g/mol. The Morgan fingerprint density at radius 2 is 0.786 bits per heavy atom. The maximum absolute atomic E-state index is 11.8. The van der Waals surface area contributed by atoms with Crippen LogP contribution in [-0.2, 0) is 73.6 Å². The van der Waals surface area contributed by atoms with Crippen LogP contribution in [0.5, 0.6) is 0 Å². The fourth-order valence-electron chi connectivity index (χ4n) is 12.8. The zero-order valence-electron chi connectivity index (χ0n) is 83.9. The van der Waals surface area contributed by atoms with Gasteiger partial charge in [0.25, 0.3) is 0 Å². The van der Waals surface area contributed by atoms with Crippen molar-refractivity contribution < 1.29 is 63.0 Å². The molecule has 0 radical (unpaired) electrons. The third kappa shape index (κ3) is 62.7. The van der Waals surface area contributed by atoms with Gasteiger partial charge in [0.2, 0.25) is 0 Å². The number of allylic oxidation sites excluding steroid dienone is 4. The summed E-state index contributed by atoms with van der Waals surface area (Å²) in [7, 11) is 23.9. The van der Waals surface area contributed by atoms with Crippen molar-refractivity contribution in [3.63, 3.8) is 0 Å². The molecule has 0 aliphatic rings. The number of hydrogen-bond donors (Lipinski definition) is 9. The maximum Gasteiger partial charge on any atom is 0.335 e. The summed E-state index contributed by atoms with van der Waals surface area (Å²) < 4.78 is 0. The molecule has 9 N–H and O–H groups in total. The summed E-state index contributed by atoms with van der Waals surface area (Å²) in [5.74, 6) is 1.41. The Hall–Kier alpha value is -8.43. The van der Waals surface area contributed by atoms with Gasteiger partial charge < -0.3 is 52.3 Å². The van der Waals surface area contributed by atoms with Gasteiger partial charge in [0.1, 0.15) is 57.8 Å². The highest BCUT2D eigenvalue weighted by Crippen LogP contribution is 2.24. The number of carboxylic acid groups (broad SMARTS) is 1. The topological polar surface area (TPSA) is 322 Å². The Morgan fingerprint density at radius 3 is 1.02 bits per heavy atom. The summed E-state index contributed by atoms with van der Waals surface area (Å²) in [4.78, 5) is 127. The number of carbonyl (C=O) groups excluding carboxylic acids is 10. The van der Waals surface area contributed by atoms with Gasteiger partial charge in [0.05, 0.1) is 71.1 Å². The van der Waals surface area contributed by atoms with E-state index in [2.05, 4.69) is 153 Å². The van der Waals surface area contributed by atoms with Crippen molar-refractivity contribution in [2.45, 2.75) is 293 Å². The van der Waals surface area contributed by atoms with Crippen LogP contribution in [0.3, 0.4) is 0 Å². The summed E-state index contributed by atoms with van der Waals surface area (Å²) in [6.07, 6.45) is 22.3. The van der Waals surface area contributed by atoms with Gasteiger partial charge in [0, 0.05) is 0 Å². The van der Waals surface area contributed by atoms with Crippen molar-refractivity contribution in [1.82, 2.24) is 51.9 Å². The zero-order valence-corrected chi connectivity index (χ0v) is 83.9. The van der Waals surface area contributed by atoms with Crippen LogP contribution in [0, 0.1) is 26.7 Å². The summed E-state index contributed by atoms with van der Waals surface area (Å²) >= 11 is 0. The van der Waals surface area contributed by atoms with Crippen LogP contribution in [0.1, 0.15) is 237 Å². The highest BCUT2D eigenvalue weighted by atomic mass is 16.4. The smallest absolute Gasteiger partial charge is 0.335 e. The summed E-state index contributed by atoms with van der Waals surface area (Å²) in [5.41, 5.74) is 7.55. The lowest BCUT2D eigenvalue weighted by Gasteiger charge is -2.31. The van der Waals surface area contributed by atoms with Crippen LogP contribution < -0.4 is 37.2 Å². The van der Waals surface area contributed by atoms with Crippen molar-refractivity contribution in [2.24, 2.45) is 5.92 Å². The molecule has 0 aromatic heterocycles. The first-order chi connectivity index (χ1) is 58.7. The van der Waals surface area contributed by atoms with E-state index in [1.807, 2.05) is 137 Å². The average molecular weight is 1760 g/mol. The number of unbranched alkanes of at least 4 members (excludes halogenated alkanes) is 4. The molecule has 4 aromatic rings. The molecule has 0 aliphatic heterocycles.